The highest BCUT2D eigenvalue weighted by Gasteiger charge is 2.51. The third-order valence-electron chi connectivity index (χ3n) is 10.5. The minimum absolute atomic E-state index is 0.0413. The van der Waals surface area contributed by atoms with Gasteiger partial charge in [0.1, 0.15) is 43.2 Å². The van der Waals surface area contributed by atoms with Crippen LogP contribution in [0.2, 0.25) is 0 Å². The summed E-state index contributed by atoms with van der Waals surface area (Å²) in [5.41, 5.74) is 0. The molecule has 1 aliphatic rings. The van der Waals surface area contributed by atoms with Gasteiger partial charge in [-0.25, -0.2) is 4.57 Å². The number of hydrogen-bond donors (Lipinski definition) is 6. The van der Waals surface area contributed by atoms with Crippen molar-refractivity contribution in [1.82, 2.24) is 0 Å². The largest absolute Gasteiger partial charge is 0.472 e. The molecule has 1 rings (SSSR count). The number of phosphoric acid groups is 1. The first kappa shape index (κ1) is 58.3. The number of esters is 2. The molecule has 0 radical (unpaired) electrons. The predicted molar refractivity (Wildman–Crippen MR) is 249 cm³/mol. The number of phosphoric ester groups is 1. The first-order valence-corrected chi connectivity index (χ1v) is 25.2. The van der Waals surface area contributed by atoms with E-state index in [2.05, 4.69) is 86.8 Å². The molecule has 0 amide bonds. The fraction of sp³-hybridized carbons (Fsp3) is 0.714. The van der Waals surface area contributed by atoms with E-state index in [0.717, 1.165) is 83.5 Å². The lowest BCUT2D eigenvalue weighted by atomic mass is 9.85. The molecule has 0 bridgehead atoms. The van der Waals surface area contributed by atoms with Crippen molar-refractivity contribution < 1.29 is 63.1 Å². The molecule has 6 unspecified atom stereocenters. The van der Waals surface area contributed by atoms with Crippen molar-refractivity contribution in [3.8, 4) is 0 Å². The highest BCUT2D eigenvalue weighted by molar-refractivity contribution is 7.47. The number of ether oxygens (including phenoxy) is 2. The van der Waals surface area contributed by atoms with Gasteiger partial charge in [0.15, 0.2) is 6.10 Å². The molecule has 0 spiro atoms. The molecule has 8 atom stereocenters. The van der Waals surface area contributed by atoms with Gasteiger partial charge in [0.25, 0.3) is 0 Å². The summed E-state index contributed by atoms with van der Waals surface area (Å²) in [6.45, 7) is 3.19. The SMILES string of the molecule is CCCCC/C=C\C/C=C\C/C=C\CCCCCCCCC(=O)OC[C@H](COP(=O)(O)OC1C(O)C(O)C(O)[C@@H](O)C1O)OC(=O)CCCC/C=C\C/C=C\C/C=C\CCCCC. The summed E-state index contributed by atoms with van der Waals surface area (Å²) < 4.78 is 33.5. The van der Waals surface area contributed by atoms with Gasteiger partial charge < -0.3 is 39.9 Å². The predicted octanol–water partition coefficient (Wildman–Crippen LogP) is 9.50. The van der Waals surface area contributed by atoms with Crippen LogP contribution in [0.1, 0.15) is 168 Å². The number of carbonyl (C=O) groups excluding carboxylic acids is 2. The van der Waals surface area contributed by atoms with Crippen LogP contribution in [0.25, 0.3) is 0 Å². The molecule has 63 heavy (non-hydrogen) atoms. The van der Waals surface area contributed by atoms with Crippen LogP contribution in [0.4, 0.5) is 0 Å². The molecule has 0 aromatic rings. The Morgan fingerprint density at radius 1 is 0.492 bits per heavy atom. The molecule has 0 aliphatic heterocycles. The lowest BCUT2D eigenvalue weighted by molar-refractivity contribution is -0.220. The summed E-state index contributed by atoms with van der Waals surface area (Å²) in [7, 11) is -5.14. The summed E-state index contributed by atoms with van der Waals surface area (Å²) in [5.74, 6) is -1.16. The average molecular weight is 911 g/mol. The fourth-order valence-corrected chi connectivity index (χ4v) is 7.62. The highest BCUT2D eigenvalue weighted by Crippen LogP contribution is 2.47. The third kappa shape index (κ3) is 31.0. The topological polar surface area (TPSA) is 210 Å². The van der Waals surface area contributed by atoms with E-state index in [1.807, 2.05) is 0 Å². The van der Waals surface area contributed by atoms with Crippen LogP contribution in [-0.4, -0.2) is 98.3 Å². The summed E-state index contributed by atoms with van der Waals surface area (Å²) in [6.07, 6.45) is 35.2. The van der Waals surface area contributed by atoms with Gasteiger partial charge in [-0.3, -0.25) is 18.6 Å². The normalized spacial score (nSPS) is 22.3. The maximum Gasteiger partial charge on any atom is 0.472 e. The van der Waals surface area contributed by atoms with Gasteiger partial charge in [0, 0.05) is 12.8 Å². The highest BCUT2D eigenvalue weighted by atomic mass is 31.2. The Labute approximate surface area is 378 Å². The smallest absolute Gasteiger partial charge is 0.462 e. The maximum absolute atomic E-state index is 12.8. The Balaban J connectivity index is 2.48. The van der Waals surface area contributed by atoms with E-state index in [1.54, 1.807) is 0 Å². The number of aliphatic hydroxyl groups excluding tert-OH is 5. The Morgan fingerprint density at radius 2 is 0.857 bits per heavy atom. The Kier molecular flexibility index (Phi) is 35.7. The van der Waals surface area contributed by atoms with Crippen molar-refractivity contribution in [1.29, 1.82) is 0 Å². The van der Waals surface area contributed by atoms with E-state index in [9.17, 15) is 44.6 Å². The summed E-state index contributed by atoms with van der Waals surface area (Å²) in [5, 5.41) is 50.2. The zero-order valence-corrected chi connectivity index (χ0v) is 39.2. The molecule has 0 aromatic carbocycles. The molecule has 1 saturated carbocycles. The number of hydrogen-bond acceptors (Lipinski definition) is 12. The lowest BCUT2D eigenvalue weighted by Crippen LogP contribution is -2.64. The Hall–Kier alpha value is -2.71. The number of carbonyl (C=O) groups is 2. The van der Waals surface area contributed by atoms with Gasteiger partial charge >= 0.3 is 19.8 Å². The van der Waals surface area contributed by atoms with Crippen molar-refractivity contribution in [2.75, 3.05) is 13.2 Å². The van der Waals surface area contributed by atoms with E-state index < -0.39 is 75.7 Å². The minimum atomic E-state index is -5.14. The van der Waals surface area contributed by atoms with Crippen LogP contribution in [0.3, 0.4) is 0 Å². The molecule has 0 saturated heterocycles. The van der Waals surface area contributed by atoms with E-state index in [4.69, 9.17) is 18.5 Å². The summed E-state index contributed by atoms with van der Waals surface area (Å²) in [6, 6.07) is 0. The van der Waals surface area contributed by atoms with Crippen molar-refractivity contribution in [3.63, 3.8) is 0 Å². The fourth-order valence-electron chi connectivity index (χ4n) is 6.65. The monoisotopic (exact) mass is 911 g/mol. The molecule has 6 N–H and O–H groups in total. The lowest BCUT2D eigenvalue weighted by Gasteiger charge is -2.41. The van der Waals surface area contributed by atoms with Crippen molar-refractivity contribution in [2.45, 2.75) is 211 Å². The summed E-state index contributed by atoms with van der Waals surface area (Å²) >= 11 is 0. The van der Waals surface area contributed by atoms with Gasteiger partial charge in [-0.05, 0) is 89.9 Å². The van der Waals surface area contributed by atoms with Gasteiger partial charge in [-0.1, -0.05) is 138 Å². The number of unbranched alkanes of at least 4 members (excludes halogenated alkanes) is 14. The average Bonchev–Trinajstić information content (AvgIpc) is 3.26. The van der Waals surface area contributed by atoms with E-state index in [0.29, 0.717) is 12.8 Å². The minimum Gasteiger partial charge on any atom is -0.462 e. The second kappa shape index (κ2) is 38.5. The van der Waals surface area contributed by atoms with Gasteiger partial charge in [-0.2, -0.15) is 0 Å². The first-order valence-electron chi connectivity index (χ1n) is 23.7. The maximum atomic E-state index is 12.8. The number of allylic oxidation sites excluding steroid dienone is 12. The molecule has 0 aromatic heterocycles. The van der Waals surface area contributed by atoms with Crippen LogP contribution in [-0.2, 0) is 32.7 Å². The summed E-state index contributed by atoms with van der Waals surface area (Å²) in [4.78, 5) is 35.7. The molecule has 13 nitrogen and oxygen atoms in total. The molecule has 14 heteroatoms. The zero-order valence-electron chi connectivity index (χ0n) is 38.3. The van der Waals surface area contributed by atoms with E-state index in [-0.39, 0.29) is 12.8 Å². The molecular formula is C49H83O13P. The van der Waals surface area contributed by atoms with Crippen molar-refractivity contribution in [3.05, 3.63) is 72.9 Å². The van der Waals surface area contributed by atoms with E-state index in [1.165, 1.54) is 44.9 Å². The first-order chi connectivity index (χ1) is 30.4. The van der Waals surface area contributed by atoms with Gasteiger partial charge in [-0.15, -0.1) is 0 Å². The van der Waals surface area contributed by atoms with Crippen LogP contribution >= 0.6 is 7.82 Å². The number of aliphatic hydroxyl groups is 5. The van der Waals surface area contributed by atoms with Crippen LogP contribution in [0.15, 0.2) is 72.9 Å². The van der Waals surface area contributed by atoms with Gasteiger partial charge in [0.2, 0.25) is 0 Å². The van der Waals surface area contributed by atoms with Crippen LogP contribution < -0.4 is 0 Å². The Morgan fingerprint density at radius 3 is 1.33 bits per heavy atom. The quantitative estimate of drug-likeness (QED) is 0.0148. The van der Waals surface area contributed by atoms with E-state index >= 15 is 0 Å². The molecule has 1 aliphatic carbocycles. The standard InChI is InChI=1S/C49H83O13P/c1-3-5-7-9-11-13-15-17-19-20-21-22-24-25-27-29-31-33-35-37-42(50)59-39-41(40-60-63(57,58)62-49-47(55)45(53)44(52)46(54)48(49)56)61-43(51)38-36-34-32-30-28-26-23-18-16-14-12-10-8-6-4-2/h11-14,17-19,21-23,28,30,41,44-49,52-56H,3-10,15-16,20,24-27,29,31-40H2,1-2H3,(H,57,58)/b13-11-,14-12-,19-17-,22-21-,23-18-,30-28-/t41-,44?,45-,46?,47?,48?,49?/m1/s1. The zero-order chi connectivity index (χ0) is 46.4. The van der Waals surface area contributed by atoms with Crippen LogP contribution in [0, 0.1) is 0 Å². The molecule has 0 heterocycles. The molecule has 1 fully saturated rings. The third-order valence-corrected chi connectivity index (χ3v) is 11.5. The van der Waals surface area contributed by atoms with Crippen LogP contribution in [0.5, 0.6) is 0 Å². The van der Waals surface area contributed by atoms with Crippen molar-refractivity contribution >= 4 is 19.8 Å². The second-order valence-electron chi connectivity index (χ2n) is 16.3. The van der Waals surface area contributed by atoms with Gasteiger partial charge in [0.05, 0.1) is 6.61 Å². The second-order valence-corrected chi connectivity index (χ2v) is 17.7. The number of rotatable bonds is 38. The molecular weight excluding hydrogens is 827 g/mol. The van der Waals surface area contributed by atoms with Crippen molar-refractivity contribution in [2.24, 2.45) is 0 Å². The Bertz CT molecular complexity index is 1380. The molecule has 362 valence electrons.